The molecule has 7 heteroatoms. The Morgan fingerprint density at radius 1 is 1.20 bits per heavy atom. The number of aliphatic hydroxyl groups excluding tert-OH is 1. The Labute approximate surface area is 144 Å². The van der Waals surface area contributed by atoms with Gasteiger partial charge in [0, 0.05) is 11.6 Å². The normalized spacial score (nSPS) is 23.0. The van der Waals surface area contributed by atoms with Gasteiger partial charge in [0.2, 0.25) is 0 Å². The molecule has 1 aliphatic carbocycles. The molecule has 2 heterocycles. The standard InChI is InChI=1S/C18H19N5O2/c1-11-7-13(8-14(11)24)23-10-21-15-16(19-9-20-17(15)23)22-18(25)12-5-3-2-4-6-12/h2-6,9-11,13-14,24H,7-8H2,1H3,(H,19,20,22,25)/t11-,13+,14-/m0/s1. The fourth-order valence-corrected chi connectivity index (χ4v) is 3.40. The molecule has 1 amide bonds. The summed E-state index contributed by atoms with van der Waals surface area (Å²) in [5, 5.41) is 12.8. The number of anilines is 1. The molecular formula is C18H19N5O2. The summed E-state index contributed by atoms with van der Waals surface area (Å²) in [5.74, 6) is 0.408. The summed E-state index contributed by atoms with van der Waals surface area (Å²) < 4.78 is 1.97. The number of aromatic nitrogens is 4. The molecule has 4 rings (SSSR count). The monoisotopic (exact) mass is 337 g/mol. The summed E-state index contributed by atoms with van der Waals surface area (Å²) in [4.78, 5) is 25.3. The Balaban J connectivity index is 1.64. The highest BCUT2D eigenvalue weighted by Crippen LogP contribution is 2.36. The molecule has 0 saturated heterocycles. The number of carbonyl (C=O) groups excluding carboxylic acids is 1. The van der Waals surface area contributed by atoms with E-state index in [-0.39, 0.29) is 24.0 Å². The van der Waals surface area contributed by atoms with Crippen LogP contribution < -0.4 is 5.32 Å². The fraction of sp³-hybridized carbons (Fsp3) is 0.333. The van der Waals surface area contributed by atoms with E-state index in [2.05, 4.69) is 20.3 Å². The molecule has 1 aliphatic rings. The van der Waals surface area contributed by atoms with Gasteiger partial charge in [0.05, 0.1) is 12.4 Å². The molecule has 128 valence electrons. The topological polar surface area (TPSA) is 92.9 Å². The molecule has 1 fully saturated rings. The number of benzene rings is 1. The molecule has 1 aromatic carbocycles. The predicted molar refractivity (Wildman–Crippen MR) is 93.2 cm³/mol. The Morgan fingerprint density at radius 2 is 2.00 bits per heavy atom. The number of nitrogens with zero attached hydrogens (tertiary/aromatic N) is 4. The minimum atomic E-state index is -0.304. The second-order valence-electron chi connectivity index (χ2n) is 6.54. The molecule has 0 unspecified atom stereocenters. The van der Waals surface area contributed by atoms with Crippen molar-refractivity contribution in [1.82, 2.24) is 19.5 Å². The zero-order valence-corrected chi connectivity index (χ0v) is 13.8. The maximum atomic E-state index is 12.4. The second-order valence-corrected chi connectivity index (χ2v) is 6.54. The Hall–Kier alpha value is -2.80. The Kier molecular flexibility index (Phi) is 3.93. The van der Waals surface area contributed by atoms with Gasteiger partial charge < -0.3 is 15.0 Å². The summed E-state index contributed by atoms with van der Waals surface area (Å²) in [7, 11) is 0. The first-order valence-electron chi connectivity index (χ1n) is 8.35. The van der Waals surface area contributed by atoms with Gasteiger partial charge in [0.15, 0.2) is 17.0 Å². The van der Waals surface area contributed by atoms with E-state index in [4.69, 9.17) is 0 Å². The van der Waals surface area contributed by atoms with Crippen LogP contribution in [0.15, 0.2) is 43.0 Å². The van der Waals surface area contributed by atoms with Crippen molar-refractivity contribution in [2.75, 3.05) is 5.32 Å². The van der Waals surface area contributed by atoms with Crippen LogP contribution in [0.4, 0.5) is 5.82 Å². The summed E-state index contributed by atoms with van der Waals surface area (Å²) >= 11 is 0. The number of imidazole rings is 1. The van der Waals surface area contributed by atoms with E-state index < -0.39 is 0 Å². The minimum absolute atomic E-state index is 0.155. The fourth-order valence-electron chi connectivity index (χ4n) is 3.40. The third kappa shape index (κ3) is 2.87. The molecule has 0 bridgehead atoms. The maximum Gasteiger partial charge on any atom is 0.256 e. The zero-order chi connectivity index (χ0) is 17.4. The molecule has 3 aromatic rings. The lowest BCUT2D eigenvalue weighted by Gasteiger charge is -2.12. The molecule has 2 N–H and O–H groups in total. The van der Waals surface area contributed by atoms with Crippen molar-refractivity contribution in [3.8, 4) is 0 Å². The molecule has 0 spiro atoms. The number of fused-ring (bicyclic) bond motifs is 1. The molecule has 7 nitrogen and oxygen atoms in total. The Morgan fingerprint density at radius 3 is 2.72 bits per heavy atom. The lowest BCUT2D eigenvalue weighted by molar-refractivity contribution is 0.102. The SMILES string of the molecule is C[C@H]1C[C@@H](n2cnc3c(NC(=O)c4ccccc4)ncnc32)C[C@@H]1O. The van der Waals surface area contributed by atoms with E-state index in [1.54, 1.807) is 18.5 Å². The van der Waals surface area contributed by atoms with Gasteiger partial charge in [0.25, 0.3) is 5.91 Å². The van der Waals surface area contributed by atoms with Crippen LogP contribution in [0.5, 0.6) is 0 Å². The summed E-state index contributed by atoms with van der Waals surface area (Å²) in [6.07, 6.45) is 4.40. The Bertz CT molecular complexity index is 898. The summed E-state index contributed by atoms with van der Waals surface area (Å²) in [6.45, 7) is 2.05. The van der Waals surface area contributed by atoms with Crippen LogP contribution in [0.2, 0.25) is 0 Å². The van der Waals surface area contributed by atoms with Crippen LogP contribution >= 0.6 is 0 Å². The van der Waals surface area contributed by atoms with Gasteiger partial charge in [-0.1, -0.05) is 25.1 Å². The number of aliphatic hydroxyl groups is 1. The van der Waals surface area contributed by atoms with E-state index in [0.717, 1.165) is 6.42 Å². The molecule has 25 heavy (non-hydrogen) atoms. The highest BCUT2D eigenvalue weighted by Gasteiger charge is 2.32. The number of hydrogen-bond acceptors (Lipinski definition) is 5. The van der Waals surface area contributed by atoms with Crippen LogP contribution in [-0.4, -0.2) is 36.6 Å². The summed E-state index contributed by atoms with van der Waals surface area (Å²) in [6, 6.07) is 9.12. The molecule has 1 saturated carbocycles. The highest BCUT2D eigenvalue weighted by atomic mass is 16.3. The minimum Gasteiger partial charge on any atom is -0.393 e. The first-order valence-corrected chi connectivity index (χ1v) is 8.35. The van der Waals surface area contributed by atoms with E-state index in [1.165, 1.54) is 6.33 Å². The van der Waals surface area contributed by atoms with E-state index >= 15 is 0 Å². The van der Waals surface area contributed by atoms with Crippen LogP contribution in [0.3, 0.4) is 0 Å². The molecule has 2 aromatic heterocycles. The first-order chi connectivity index (χ1) is 12.1. The number of amides is 1. The molecular weight excluding hydrogens is 318 g/mol. The average Bonchev–Trinajstić information content (AvgIpc) is 3.20. The number of rotatable bonds is 3. The average molecular weight is 337 g/mol. The number of nitrogens with one attached hydrogen (secondary N) is 1. The van der Waals surface area contributed by atoms with Gasteiger partial charge in [-0.2, -0.15) is 0 Å². The van der Waals surface area contributed by atoms with Crippen molar-refractivity contribution in [2.24, 2.45) is 5.92 Å². The van der Waals surface area contributed by atoms with Crippen LogP contribution in [0.1, 0.15) is 36.2 Å². The van der Waals surface area contributed by atoms with Crippen molar-refractivity contribution in [3.05, 3.63) is 48.5 Å². The van der Waals surface area contributed by atoms with Crippen molar-refractivity contribution >= 4 is 22.9 Å². The van der Waals surface area contributed by atoms with E-state index in [9.17, 15) is 9.90 Å². The van der Waals surface area contributed by atoms with E-state index in [1.807, 2.05) is 29.7 Å². The van der Waals surface area contributed by atoms with Gasteiger partial charge in [0.1, 0.15) is 6.33 Å². The second kappa shape index (κ2) is 6.25. The van der Waals surface area contributed by atoms with Gasteiger partial charge in [-0.25, -0.2) is 15.0 Å². The van der Waals surface area contributed by atoms with Gasteiger partial charge in [-0.05, 0) is 30.9 Å². The summed E-state index contributed by atoms with van der Waals surface area (Å²) in [5.41, 5.74) is 1.78. The zero-order valence-electron chi connectivity index (χ0n) is 13.8. The highest BCUT2D eigenvalue weighted by molar-refractivity contribution is 6.06. The lowest BCUT2D eigenvalue weighted by atomic mass is 10.1. The van der Waals surface area contributed by atoms with Gasteiger partial charge in [-0.15, -0.1) is 0 Å². The predicted octanol–water partition coefficient (Wildman–Crippen LogP) is 2.41. The van der Waals surface area contributed by atoms with Crippen molar-refractivity contribution in [3.63, 3.8) is 0 Å². The molecule has 3 atom stereocenters. The number of carbonyl (C=O) groups is 1. The third-order valence-electron chi connectivity index (χ3n) is 4.83. The van der Waals surface area contributed by atoms with Crippen LogP contribution in [-0.2, 0) is 0 Å². The van der Waals surface area contributed by atoms with Crippen LogP contribution in [0, 0.1) is 5.92 Å². The van der Waals surface area contributed by atoms with Crippen molar-refractivity contribution in [1.29, 1.82) is 0 Å². The van der Waals surface area contributed by atoms with E-state index in [0.29, 0.717) is 29.0 Å². The largest absolute Gasteiger partial charge is 0.393 e. The lowest BCUT2D eigenvalue weighted by Crippen LogP contribution is -2.13. The molecule has 0 aliphatic heterocycles. The van der Waals surface area contributed by atoms with Crippen molar-refractivity contribution in [2.45, 2.75) is 31.9 Å². The number of hydrogen-bond donors (Lipinski definition) is 2. The molecule has 0 radical (unpaired) electrons. The van der Waals surface area contributed by atoms with Crippen LogP contribution in [0.25, 0.3) is 11.2 Å². The maximum absolute atomic E-state index is 12.4. The third-order valence-corrected chi connectivity index (χ3v) is 4.83. The van der Waals surface area contributed by atoms with Crippen molar-refractivity contribution < 1.29 is 9.90 Å². The first kappa shape index (κ1) is 15.7. The smallest absolute Gasteiger partial charge is 0.256 e. The quantitative estimate of drug-likeness (QED) is 0.765. The van der Waals surface area contributed by atoms with Gasteiger partial charge in [-0.3, -0.25) is 4.79 Å². The van der Waals surface area contributed by atoms with Gasteiger partial charge >= 0.3 is 0 Å².